The normalized spacial score (nSPS) is 34.6. The Kier molecular flexibility index (Phi) is 6.42. The Hall–Kier alpha value is 0.680. The summed E-state index contributed by atoms with van der Waals surface area (Å²) in [5.74, 6) is -1.97. The number of carbonyl (C=O) groups is 1. The van der Waals surface area contributed by atoms with Crippen LogP contribution in [0.1, 0.15) is 25.7 Å². The van der Waals surface area contributed by atoms with Crippen molar-refractivity contribution in [1.29, 1.82) is 0 Å². The van der Waals surface area contributed by atoms with E-state index in [9.17, 15) is 23.1 Å². The molecule has 4 atom stereocenters. The Morgan fingerprint density at radius 2 is 1.67 bits per heavy atom. The molecule has 1 rings (SSSR count). The predicted octanol–water partition coefficient (Wildman–Crippen LogP) is 2.58. The molecule has 0 spiro atoms. The summed E-state index contributed by atoms with van der Waals surface area (Å²) in [7, 11) is 0. The van der Waals surface area contributed by atoms with Gasteiger partial charge in [-0.1, -0.05) is 58.0 Å². The molecule has 2 N–H and O–H groups in total. The lowest BCUT2D eigenvalue weighted by Crippen LogP contribution is -2.55. The van der Waals surface area contributed by atoms with Gasteiger partial charge in [-0.05, 0) is 12.8 Å². The van der Waals surface area contributed by atoms with Crippen LogP contribution < -0.4 is 5.32 Å². The molecule has 0 saturated heterocycles. The molecular weight excluding hydrogens is 477 g/mol. The first-order chi connectivity index (χ1) is 8.23. The van der Waals surface area contributed by atoms with E-state index in [1.165, 1.54) is 0 Å². The molecule has 4 unspecified atom stereocenters. The number of aliphatic hydroxyl groups is 1. The maximum absolute atomic E-state index is 12.2. The van der Waals surface area contributed by atoms with E-state index >= 15 is 0 Å². The van der Waals surface area contributed by atoms with Gasteiger partial charge in [0.25, 0.3) is 0 Å². The second-order valence-corrected chi connectivity index (χ2v) is 7.50. The monoisotopic (exact) mass is 491 g/mol. The van der Waals surface area contributed by atoms with Crippen LogP contribution in [0, 0.1) is 0 Å². The maximum Gasteiger partial charge on any atom is 0.471 e. The minimum atomic E-state index is -4.90. The van der Waals surface area contributed by atoms with Crippen LogP contribution in [0.25, 0.3) is 0 Å². The van der Waals surface area contributed by atoms with E-state index in [-0.39, 0.29) is 7.85 Å². The summed E-state index contributed by atoms with van der Waals surface area (Å²) in [6, 6.07) is -0.845. The second kappa shape index (κ2) is 6.91. The van der Waals surface area contributed by atoms with E-state index in [1.54, 1.807) is 0 Å². The number of aliphatic hydroxyl groups excluding tert-OH is 1. The lowest BCUT2D eigenvalue weighted by Gasteiger charge is -2.33. The Labute approximate surface area is 131 Å². The van der Waals surface area contributed by atoms with Gasteiger partial charge in [-0.3, -0.25) is 4.79 Å². The molecule has 0 aromatic rings. The highest BCUT2D eigenvalue weighted by Gasteiger charge is 2.43. The average Bonchev–Trinajstić information content (AvgIpc) is 2.27. The van der Waals surface area contributed by atoms with Gasteiger partial charge in [-0.2, -0.15) is 13.2 Å². The molecule has 0 heterocycles. The number of rotatable bonds is 1. The van der Waals surface area contributed by atoms with Gasteiger partial charge >= 0.3 is 12.1 Å². The third-order valence-electron chi connectivity index (χ3n) is 2.89. The van der Waals surface area contributed by atoms with Gasteiger partial charge in [0.1, 0.15) is 0 Å². The first-order valence-electron chi connectivity index (χ1n) is 5.57. The van der Waals surface area contributed by atoms with Crippen LogP contribution in [-0.2, 0) is 4.79 Å². The van der Waals surface area contributed by atoms with Gasteiger partial charge in [-0.25, -0.2) is 0 Å². The Balaban J connectivity index is 2.76. The van der Waals surface area contributed by atoms with E-state index in [1.807, 2.05) is 50.5 Å². The van der Waals surface area contributed by atoms with Gasteiger partial charge < -0.3 is 10.4 Å². The molecule has 1 aliphatic carbocycles. The van der Waals surface area contributed by atoms with Crippen LogP contribution >= 0.6 is 45.2 Å². The van der Waals surface area contributed by atoms with Crippen molar-refractivity contribution >= 4 is 51.1 Å². The summed E-state index contributed by atoms with van der Waals surface area (Å²) in [6.45, 7) is 0. The minimum absolute atomic E-state index is 0.140. The topological polar surface area (TPSA) is 49.3 Å². The maximum atomic E-state index is 12.2. The Bertz CT molecular complexity index is 301. The molecule has 18 heavy (non-hydrogen) atoms. The summed E-state index contributed by atoms with van der Waals surface area (Å²) >= 11 is 4.03. The smallest absolute Gasteiger partial charge is 0.390 e. The lowest BCUT2D eigenvalue weighted by atomic mass is 9.94. The summed E-state index contributed by atoms with van der Waals surface area (Å²) in [5, 5.41) is 12.0. The highest BCUT2D eigenvalue weighted by Crippen LogP contribution is 2.28. The fourth-order valence-corrected chi connectivity index (χ4v) is 3.81. The van der Waals surface area contributed by atoms with E-state index in [0.29, 0.717) is 6.42 Å². The fraction of sp³-hybridized carbons (Fsp3) is 0.900. The predicted molar refractivity (Wildman–Crippen MR) is 78.1 cm³/mol. The zero-order valence-electron chi connectivity index (χ0n) is 9.38. The molecule has 1 aliphatic rings. The first-order valence-corrected chi connectivity index (χ1v) is 8.06. The van der Waals surface area contributed by atoms with Crippen LogP contribution in [-0.4, -0.2) is 37.2 Å². The molecule has 0 bridgehead atoms. The molecule has 1 fully saturated rings. The average molecular weight is 491 g/mol. The highest BCUT2D eigenvalue weighted by atomic mass is 127. The molecule has 8 heteroatoms. The molecule has 1 saturated carbocycles. The second-order valence-electron chi connectivity index (χ2n) is 4.30. The van der Waals surface area contributed by atoms with Crippen LogP contribution in [0.15, 0.2) is 0 Å². The van der Waals surface area contributed by atoms with Crippen LogP contribution in [0.4, 0.5) is 13.2 Å². The van der Waals surface area contributed by atoms with Crippen LogP contribution in [0.5, 0.6) is 0 Å². The Morgan fingerprint density at radius 3 is 2.17 bits per heavy atom. The van der Waals surface area contributed by atoms with E-state index in [2.05, 4.69) is 0 Å². The lowest BCUT2D eigenvalue weighted by molar-refractivity contribution is -0.175. The molecular formula is C10H14F3I2NO2. The van der Waals surface area contributed by atoms with Crippen molar-refractivity contribution in [3.8, 4) is 0 Å². The summed E-state index contributed by atoms with van der Waals surface area (Å²) in [4.78, 5) is 11.0. The van der Waals surface area contributed by atoms with Gasteiger partial charge in [0.15, 0.2) is 0 Å². The van der Waals surface area contributed by atoms with Crippen LogP contribution in [0.2, 0.25) is 0 Å². The van der Waals surface area contributed by atoms with Crippen molar-refractivity contribution in [3.63, 3.8) is 0 Å². The molecule has 0 aromatic heterocycles. The number of hydrogen-bond acceptors (Lipinski definition) is 2. The summed E-state index contributed by atoms with van der Waals surface area (Å²) in [6.07, 6.45) is -2.55. The quantitative estimate of drug-likeness (QED) is 0.438. The molecule has 0 aliphatic heterocycles. The van der Waals surface area contributed by atoms with Crippen molar-refractivity contribution in [2.45, 2.75) is 51.9 Å². The summed E-state index contributed by atoms with van der Waals surface area (Å²) in [5.41, 5.74) is 0. The number of nitrogens with one attached hydrogen (secondary N) is 1. The molecule has 3 nitrogen and oxygen atoms in total. The van der Waals surface area contributed by atoms with E-state index in [0.717, 1.165) is 19.3 Å². The van der Waals surface area contributed by atoms with Crippen LogP contribution in [0.3, 0.4) is 0 Å². The molecule has 0 aromatic carbocycles. The third-order valence-corrected chi connectivity index (χ3v) is 5.65. The van der Waals surface area contributed by atoms with Crippen molar-refractivity contribution < 1.29 is 23.1 Å². The SMILES string of the molecule is O=C(NC1C(I)CCCCC(I)C1O)C(F)(F)F. The third kappa shape index (κ3) is 4.66. The number of carbonyl (C=O) groups excluding carboxylic acids is 1. The first kappa shape index (κ1) is 16.7. The van der Waals surface area contributed by atoms with Crippen molar-refractivity contribution in [2.24, 2.45) is 0 Å². The van der Waals surface area contributed by atoms with Crippen molar-refractivity contribution in [3.05, 3.63) is 0 Å². The number of amides is 1. The summed E-state index contributed by atoms with van der Waals surface area (Å²) < 4.78 is 36.4. The number of alkyl halides is 5. The molecule has 106 valence electrons. The number of hydrogen-bond donors (Lipinski definition) is 2. The highest BCUT2D eigenvalue weighted by molar-refractivity contribution is 14.1. The largest absolute Gasteiger partial charge is 0.471 e. The van der Waals surface area contributed by atoms with Crippen molar-refractivity contribution in [1.82, 2.24) is 5.32 Å². The van der Waals surface area contributed by atoms with Gasteiger partial charge in [0.2, 0.25) is 0 Å². The van der Waals surface area contributed by atoms with Gasteiger partial charge in [0, 0.05) is 7.85 Å². The van der Waals surface area contributed by atoms with Gasteiger partial charge in [0.05, 0.1) is 12.1 Å². The van der Waals surface area contributed by atoms with E-state index in [4.69, 9.17) is 0 Å². The molecule has 0 radical (unpaired) electrons. The van der Waals surface area contributed by atoms with Gasteiger partial charge in [-0.15, -0.1) is 0 Å². The Morgan fingerprint density at radius 1 is 1.17 bits per heavy atom. The zero-order chi connectivity index (χ0) is 13.9. The van der Waals surface area contributed by atoms with E-state index < -0.39 is 24.2 Å². The molecule has 1 amide bonds. The number of halogens is 5. The zero-order valence-corrected chi connectivity index (χ0v) is 13.7. The standard InChI is InChI=1S/C10H14F3I2NO2/c11-10(12,13)9(18)16-7-5(14)3-1-2-4-6(15)8(7)17/h5-8,17H,1-4H2,(H,16,18). The van der Waals surface area contributed by atoms with Crippen molar-refractivity contribution in [2.75, 3.05) is 0 Å². The fourth-order valence-electron chi connectivity index (χ4n) is 1.88. The minimum Gasteiger partial charge on any atom is -0.390 e.